The molecule has 1 N–H and O–H groups in total. The first-order valence-corrected chi connectivity index (χ1v) is 6.65. The predicted molar refractivity (Wildman–Crippen MR) is 77.0 cm³/mol. The molecule has 0 amide bonds. The van der Waals surface area contributed by atoms with Gasteiger partial charge in [0.25, 0.3) is 0 Å². The number of ether oxygens (including phenoxy) is 1. The van der Waals surface area contributed by atoms with Crippen LogP contribution in [0.4, 0.5) is 0 Å². The summed E-state index contributed by atoms with van der Waals surface area (Å²) >= 11 is 0. The molecule has 0 saturated carbocycles. The van der Waals surface area contributed by atoms with Crippen molar-refractivity contribution in [1.82, 2.24) is 10.2 Å². The first-order chi connectivity index (χ1) is 8.69. The SMILES string of the molecule is CCNC(CN(C)CCOC)c1ccccc1C. The molecule has 1 aromatic rings. The highest BCUT2D eigenvalue weighted by Crippen LogP contribution is 2.18. The molecular weight excluding hydrogens is 224 g/mol. The summed E-state index contributed by atoms with van der Waals surface area (Å²) in [5, 5.41) is 3.56. The van der Waals surface area contributed by atoms with Gasteiger partial charge in [-0.25, -0.2) is 0 Å². The summed E-state index contributed by atoms with van der Waals surface area (Å²) < 4.78 is 5.12. The number of hydrogen-bond donors (Lipinski definition) is 1. The Balaban J connectivity index is 2.68. The quantitative estimate of drug-likeness (QED) is 0.765. The largest absolute Gasteiger partial charge is 0.383 e. The highest BCUT2D eigenvalue weighted by Gasteiger charge is 2.14. The summed E-state index contributed by atoms with van der Waals surface area (Å²) in [4.78, 5) is 2.31. The lowest BCUT2D eigenvalue weighted by molar-refractivity contribution is 0.155. The third kappa shape index (κ3) is 4.77. The Kier molecular flexibility index (Phi) is 6.94. The molecule has 0 bridgehead atoms. The first kappa shape index (κ1) is 15.2. The smallest absolute Gasteiger partial charge is 0.0589 e. The lowest BCUT2D eigenvalue weighted by Gasteiger charge is -2.26. The molecule has 1 unspecified atom stereocenters. The number of likely N-dealkylation sites (N-methyl/N-ethyl adjacent to an activating group) is 2. The van der Waals surface area contributed by atoms with E-state index in [1.807, 2.05) is 0 Å². The van der Waals surface area contributed by atoms with Gasteiger partial charge in [-0.1, -0.05) is 31.2 Å². The van der Waals surface area contributed by atoms with Gasteiger partial charge in [-0.2, -0.15) is 0 Å². The van der Waals surface area contributed by atoms with Gasteiger partial charge in [0.2, 0.25) is 0 Å². The Morgan fingerprint density at radius 2 is 2.06 bits per heavy atom. The van der Waals surface area contributed by atoms with E-state index in [1.54, 1.807) is 7.11 Å². The highest BCUT2D eigenvalue weighted by molar-refractivity contribution is 5.29. The van der Waals surface area contributed by atoms with Gasteiger partial charge >= 0.3 is 0 Å². The fourth-order valence-corrected chi connectivity index (χ4v) is 2.15. The molecule has 3 nitrogen and oxygen atoms in total. The van der Waals surface area contributed by atoms with Crippen molar-refractivity contribution in [3.8, 4) is 0 Å². The van der Waals surface area contributed by atoms with Crippen LogP contribution in [0.3, 0.4) is 0 Å². The number of methoxy groups -OCH3 is 1. The minimum absolute atomic E-state index is 0.387. The fraction of sp³-hybridized carbons (Fsp3) is 0.600. The van der Waals surface area contributed by atoms with Gasteiger partial charge < -0.3 is 15.0 Å². The third-order valence-electron chi connectivity index (χ3n) is 3.19. The normalized spacial score (nSPS) is 12.9. The molecule has 0 fully saturated rings. The molecule has 3 heteroatoms. The van der Waals surface area contributed by atoms with Gasteiger partial charge in [-0.3, -0.25) is 0 Å². The van der Waals surface area contributed by atoms with Crippen LogP contribution >= 0.6 is 0 Å². The molecule has 0 aliphatic heterocycles. The van der Waals surface area contributed by atoms with Gasteiger partial charge in [0.15, 0.2) is 0 Å². The van der Waals surface area contributed by atoms with Crippen LogP contribution in [0.5, 0.6) is 0 Å². The monoisotopic (exact) mass is 250 g/mol. The van der Waals surface area contributed by atoms with Crippen molar-refractivity contribution in [2.45, 2.75) is 19.9 Å². The lowest BCUT2D eigenvalue weighted by atomic mass is 10.0. The molecule has 18 heavy (non-hydrogen) atoms. The maximum Gasteiger partial charge on any atom is 0.0589 e. The molecule has 0 radical (unpaired) electrons. The van der Waals surface area contributed by atoms with Gasteiger partial charge in [0.1, 0.15) is 0 Å². The molecule has 0 spiro atoms. The Labute approximate surface area is 111 Å². The summed E-state index contributed by atoms with van der Waals surface area (Å²) in [6.45, 7) is 8.06. The van der Waals surface area contributed by atoms with Gasteiger partial charge in [0.05, 0.1) is 6.61 Å². The number of rotatable bonds is 8. The van der Waals surface area contributed by atoms with E-state index in [-0.39, 0.29) is 0 Å². The predicted octanol–water partition coefficient (Wildman–Crippen LogP) is 2.22. The van der Waals surface area contributed by atoms with Crippen LogP contribution in [-0.2, 0) is 4.74 Å². The van der Waals surface area contributed by atoms with E-state index in [1.165, 1.54) is 11.1 Å². The van der Waals surface area contributed by atoms with Gasteiger partial charge in [-0.05, 0) is 31.6 Å². The first-order valence-electron chi connectivity index (χ1n) is 6.65. The fourth-order valence-electron chi connectivity index (χ4n) is 2.15. The molecule has 0 aliphatic rings. The van der Waals surface area contributed by atoms with Crippen molar-refractivity contribution in [2.24, 2.45) is 0 Å². The Morgan fingerprint density at radius 1 is 1.33 bits per heavy atom. The standard InChI is InChI=1S/C15H26N2O/c1-5-16-15(12-17(3)10-11-18-4)14-9-7-6-8-13(14)2/h6-9,15-16H,5,10-12H2,1-4H3. The highest BCUT2D eigenvalue weighted by atomic mass is 16.5. The van der Waals surface area contributed by atoms with Crippen LogP contribution in [0, 0.1) is 6.92 Å². The van der Waals surface area contributed by atoms with Crippen LogP contribution in [0.15, 0.2) is 24.3 Å². The Morgan fingerprint density at radius 3 is 2.67 bits per heavy atom. The Hall–Kier alpha value is -0.900. The van der Waals surface area contributed by atoms with Crippen molar-refractivity contribution in [3.63, 3.8) is 0 Å². The summed E-state index contributed by atoms with van der Waals surface area (Å²) in [5.74, 6) is 0. The second-order valence-corrected chi connectivity index (χ2v) is 4.72. The van der Waals surface area contributed by atoms with Crippen LogP contribution in [0.2, 0.25) is 0 Å². The zero-order valence-electron chi connectivity index (χ0n) is 12.1. The van der Waals surface area contributed by atoms with E-state index in [9.17, 15) is 0 Å². The van der Waals surface area contributed by atoms with E-state index in [2.05, 4.69) is 55.4 Å². The van der Waals surface area contributed by atoms with E-state index in [4.69, 9.17) is 4.74 Å². The molecule has 0 saturated heterocycles. The summed E-state index contributed by atoms with van der Waals surface area (Å²) in [7, 11) is 3.89. The molecule has 0 aromatic heterocycles. The second-order valence-electron chi connectivity index (χ2n) is 4.72. The van der Waals surface area contributed by atoms with Crippen LogP contribution in [0.1, 0.15) is 24.1 Å². The van der Waals surface area contributed by atoms with E-state index >= 15 is 0 Å². The van der Waals surface area contributed by atoms with Crippen molar-refractivity contribution in [3.05, 3.63) is 35.4 Å². The molecule has 0 heterocycles. The van der Waals surface area contributed by atoms with E-state index in [0.29, 0.717) is 6.04 Å². The topological polar surface area (TPSA) is 24.5 Å². The second kappa shape index (κ2) is 8.25. The molecule has 1 atom stereocenters. The number of aryl methyl sites for hydroxylation is 1. The van der Waals surface area contributed by atoms with E-state index < -0.39 is 0 Å². The summed E-state index contributed by atoms with van der Waals surface area (Å²) in [6, 6.07) is 8.98. The maximum atomic E-state index is 5.12. The van der Waals surface area contributed by atoms with Crippen LogP contribution < -0.4 is 5.32 Å². The zero-order valence-corrected chi connectivity index (χ0v) is 12.1. The van der Waals surface area contributed by atoms with Crippen LogP contribution in [0.25, 0.3) is 0 Å². The summed E-state index contributed by atoms with van der Waals surface area (Å²) in [5.41, 5.74) is 2.74. The molecule has 102 valence electrons. The Bertz CT molecular complexity index is 341. The minimum Gasteiger partial charge on any atom is -0.383 e. The molecular formula is C15H26N2O. The average Bonchev–Trinajstić information content (AvgIpc) is 2.36. The van der Waals surface area contributed by atoms with Crippen molar-refractivity contribution >= 4 is 0 Å². The lowest BCUT2D eigenvalue weighted by Crippen LogP contribution is -2.35. The number of nitrogens with one attached hydrogen (secondary N) is 1. The average molecular weight is 250 g/mol. The van der Waals surface area contributed by atoms with Crippen molar-refractivity contribution in [1.29, 1.82) is 0 Å². The van der Waals surface area contributed by atoms with Crippen LogP contribution in [-0.4, -0.2) is 45.3 Å². The van der Waals surface area contributed by atoms with Gasteiger partial charge in [-0.15, -0.1) is 0 Å². The molecule has 1 aromatic carbocycles. The zero-order chi connectivity index (χ0) is 13.4. The molecule has 0 aliphatic carbocycles. The van der Waals surface area contributed by atoms with Crippen molar-refractivity contribution < 1.29 is 4.74 Å². The van der Waals surface area contributed by atoms with Crippen molar-refractivity contribution in [2.75, 3.05) is 40.4 Å². The summed E-state index contributed by atoms with van der Waals surface area (Å²) in [6.07, 6.45) is 0. The molecule has 1 rings (SSSR count). The third-order valence-corrected chi connectivity index (χ3v) is 3.19. The number of benzene rings is 1. The number of hydrogen-bond acceptors (Lipinski definition) is 3. The number of nitrogens with zero attached hydrogens (tertiary/aromatic N) is 1. The minimum atomic E-state index is 0.387. The van der Waals surface area contributed by atoms with E-state index in [0.717, 1.165) is 26.2 Å². The van der Waals surface area contributed by atoms with Gasteiger partial charge in [0, 0.05) is 26.2 Å². The maximum absolute atomic E-state index is 5.12.